The zero-order chi connectivity index (χ0) is 19.1. The fourth-order valence-electron chi connectivity index (χ4n) is 3.73. The largest absolute Gasteiger partial charge is 0.497 e. The van der Waals surface area contributed by atoms with Gasteiger partial charge >= 0.3 is 0 Å². The van der Waals surface area contributed by atoms with Gasteiger partial charge in [0.15, 0.2) is 5.78 Å². The number of fused-ring (bicyclic) bond motifs is 1. The zero-order valence-electron chi connectivity index (χ0n) is 15.5. The number of para-hydroxylation sites is 1. The Balaban J connectivity index is 1.75. The zero-order valence-corrected chi connectivity index (χ0v) is 15.5. The van der Waals surface area contributed by atoms with Crippen LogP contribution in [0.2, 0.25) is 0 Å². The van der Waals surface area contributed by atoms with Crippen LogP contribution in [0.25, 0.3) is 0 Å². The monoisotopic (exact) mass is 363 g/mol. The SMILES string of the molecule is COc1cc(OC)cc(C2C(=O)C(=C3Cc4ccccc4N3)C(=N)N2C)c1. The summed E-state index contributed by atoms with van der Waals surface area (Å²) in [7, 11) is 4.92. The number of carbonyl (C=O) groups is 1. The van der Waals surface area contributed by atoms with Crippen LogP contribution >= 0.6 is 0 Å². The van der Waals surface area contributed by atoms with Crippen molar-refractivity contribution in [2.75, 3.05) is 26.6 Å². The van der Waals surface area contributed by atoms with Gasteiger partial charge in [0.05, 0.1) is 19.8 Å². The molecule has 1 fully saturated rings. The molecule has 27 heavy (non-hydrogen) atoms. The van der Waals surface area contributed by atoms with Gasteiger partial charge in [0, 0.05) is 30.9 Å². The van der Waals surface area contributed by atoms with Gasteiger partial charge in [-0.3, -0.25) is 10.2 Å². The number of anilines is 1. The van der Waals surface area contributed by atoms with E-state index >= 15 is 0 Å². The molecule has 6 nitrogen and oxygen atoms in total. The molecule has 0 aliphatic carbocycles. The molecule has 2 aromatic rings. The highest BCUT2D eigenvalue weighted by Gasteiger charge is 2.42. The van der Waals surface area contributed by atoms with E-state index in [1.54, 1.807) is 32.2 Å². The number of amidine groups is 1. The molecule has 0 saturated carbocycles. The predicted octanol–water partition coefficient (Wildman–Crippen LogP) is 3.16. The molecule has 2 aliphatic rings. The summed E-state index contributed by atoms with van der Waals surface area (Å²) >= 11 is 0. The molecule has 138 valence electrons. The second-order valence-corrected chi connectivity index (χ2v) is 6.68. The van der Waals surface area contributed by atoms with E-state index in [0.717, 1.165) is 22.5 Å². The molecule has 4 rings (SSSR count). The Kier molecular flexibility index (Phi) is 4.11. The molecule has 1 saturated heterocycles. The summed E-state index contributed by atoms with van der Waals surface area (Å²) in [5, 5.41) is 11.9. The lowest BCUT2D eigenvalue weighted by molar-refractivity contribution is -0.117. The average Bonchev–Trinajstić information content (AvgIpc) is 3.19. The number of allylic oxidation sites excluding steroid dienone is 1. The summed E-state index contributed by atoms with van der Waals surface area (Å²) in [5.74, 6) is 1.37. The predicted molar refractivity (Wildman–Crippen MR) is 104 cm³/mol. The van der Waals surface area contributed by atoms with Crippen molar-refractivity contribution in [3.63, 3.8) is 0 Å². The number of hydrogen-bond acceptors (Lipinski definition) is 5. The van der Waals surface area contributed by atoms with Crippen LogP contribution in [0.5, 0.6) is 11.5 Å². The highest BCUT2D eigenvalue weighted by Crippen LogP contribution is 2.39. The number of rotatable bonds is 3. The van der Waals surface area contributed by atoms with Crippen molar-refractivity contribution in [1.29, 1.82) is 5.41 Å². The minimum Gasteiger partial charge on any atom is -0.497 e. The lowest BCUT2D eigenvalue weighted by atomic mass is 9.99. The van der Waals surface area contributed by atoms with Crippen LogP contribution in [0.1, 0.15) is 17.2 Å². The highest BCUT2D eigenvalue weighted by atomic mass is 16.5. The molecule has 1 atom stereocenters. The smallest absolute Gasteiger partial charge is 0.195 e. The van der Waals surface area contributed by atoms with Gasteiger partial charge in [0.1, 0.15) is 23.4 Å². The lowest BCUT2D eigenvalue weighted by Gasteiger charge is -2.20. The molecular weight excluding hydrogens is 342 g/mol. The summed E-state index contributed by atoms with van der Waals surface area (Å²) in [6, 6.07) is 12.8. The average molecular weight is 363 g/mol. The Labute approximate surface area is 157 Å². The number of Topliss-reactive ketones (excluding diaryl/α,β-unsaturated/α-hetero) is 1. The molecule has 0 bridgehead atoms. The van der Waals surface area contributed by atoms with Gasteiger partial charge in [-0.2, -0.15) is 0 Å². The molecule has 0 radical (unpaired) electrons. The third kappa shape index (κ3) is 2.73. The van der Waals surface area contributed by atoms with Gasteiger partial charge in [-0.05, 0) is 29.3 Å². The third-order valence-electron chi connectivity index (χ3n) is 5.13. The molecule has 0 aromatic heterocycles. The molecule has 2 aromatic carbocycles. The topological polar surface area (TPSA) is 74.6 Å². The summed E-state index contributed by atoms with van der Waals surface area (Å²) < 4.78 is 10.7. The van der Waals surface area contributed by atoms with Crippen LogP contribution in [-0.4, -0.2) is 37.8 Å². The minimum absolute atomic E-state index is 0.0897. The molecule has 1 unspecified atom stereocenters. The fourth-order valence-corrected chi connectivity index (χ4v) is 3.73. The van der Waals surface area contributed by atoms with E-state index in [1.807, 2.05) is 36.4 Å². The molecular formula is C21H21N3O3. The van der Waals surface area contributed by atoms with E-state index in [1.165, 1.54) is 0 Å². The van der Waals surface area contributed by atoms with Crippen molar-refractivity contribution in [3.8, 4) is 11.5 Å². The van der Waals surface area contributed by atoms with E-state index in [0.29, 0.717) is 23.5 Å². The van der Waals surface area contributed by atoms with Crippen molar-refractivity contribution in [3.05, 3.63) is 64.9 Å². The number of carbonyl (C=O) groups excluding carboxylic acids is 1. The maximum atomic E-state index is 13.3. The number of hydrogen-bond donors (Lipinski definition) is 2. The van der Waals surface area contributed by atoms with Gasteiger partial charge < -0.3 is 19.7 Å². The van der Waals surface area contributed by atoms with E-state index in [-0.39, 0.29) is 11.6 Å². The number of likely N-dealkylation sites (tertiary alicyclic amines) is 1. The standard InChI is InChI=1S/C21H21N3O3/c1-24-19(13-8-14(26-2)11-15(9-13)27-3)20(25)18(21(24)22)17-10-12-6-4-5-7-16(12)23-17/h4-9,11,19,22-23H,10H2,1-3H3. The van der Waals surface area contributed by atoms with Crippen molar-refractivity contribution in [2.45, 2.75) is 12.5 Å². The van der Waals surface area contributed by atoms with Crippen LogP contribution in [0, 0.1) is 5.41 Å². The number of likely N-dealkylation sites (N-methyl/N-ethyl adjacent to an activating group) is 1. The van der Waals surface area contributed by atoms with Crippen LogP contribution in [-0.2, 0) is 11.2 Å². The first-order valence-electron chi connectivity index (χ1n) is 8.70. The Morgan fingerprint density at radius 2 is 1.78 bits per heavy atom. The highest BCUT2D eigenvalue weighted by molar-refractivity contribution is 6.28. The first-order valence-corrected chi connectivity index (χ1v) is 8.70. The Morgan fingerprint density at radius 3 is 2.41 bits per heavy atom. The molecule has 6 heteroatoms. The van der Waals surface area contributed by atoms with E-state index in [4.69, 9.17) is 14.9 Å². The molecule has 2 aliphatic heterocycles. The number of ether oxygens (including phenoxy) is 2. The second kappa shape index (κ2) is 6.46. The minimum atomic E-state index is -0.575. The quantitative estimate of drug-likeness (QED) is 0.820. The number of benzene rings is 2. The van der Waals surface area contributed by atoms with Crippen LogP contribution in [0.15, 0.2) is 53.7 Å². The third-order valence-corrected chi connectivity index (χ3v) is 5.13. The van der Waals surface area contributed by atoms with Crippen LogP contribution in [0.4, 0.5) is 5.69 Å². The maximum Gasteiger partial charge on any atom is 0.195 e. The lowest BCUT2D eigenvalue weighted by Crippen LogP contribution is -2.24. The molecule has 0 spiro atoms. The number of methoxy groups -OCH3 is 2. The summed E-state index contributed by atoms with van der Waals surface area (Å²) in [6.07, 6.45) is 0.627. The van der Waals surface area contributed by atoms with Crippen molar-refractivity contribution in [1.82, 2.24) is 4.90 Å². The van der Waals surface area contributed by atoms with E-state index in [2.05, 4.69) is 5.32 Å². The van der Waals surface area contributed by atoms with E-state index in [9.17, 15) is 4.79 Å². The fraction of sp³-hybridized carbons (Fsp3) is 0.238. The summed E-state index contributed by atoms with van der Waals surface area (Å²) in [6.45, 7) is 0. The molecule has 0 amide bonds. The van der Waals surface area contributed by atoms with Crippen molar-refractivity contribution < 1.29 is 14.3 Å². The summed E-state index contributed by atoms with van der Waals surface area (Å²) in [4.78, 5) is 15.0. The Bertz CT molecular complexity index is 931. The van der Waals surface area contributed by atoms with Crippen LogP contribution in [0.3, 0.4) is 0 Å². The Hall–Kier alpha value is -3.28. The van der Waals surface area contributed by atoms with Gasteiger partial charge in [-0.15, -0.1) is 0 Å². The number of nitrogens with zero attached hydrogens (tertiary/aromatic N) is 1. The van der Waals surface area contributed by atoms with Crippen LogP contribution < -0.4 is 14.8 Å². The maximum absolute atomic E-state index is 13.3. The van der Waals surface area contributed by atoms with Gasteiger partial charge in [-0.1, -0.05) is 18.2 Å². The van der Waals surface area contributed by atoms with Crippen molar-refractivity contribution >= 4 is 17.3 Å². The number of nitrogens with one attached hydrogen (secondary N) is 2. The summed E-state index contributed by atoms with van der Waals surface area (Å²) in [5.41, 5.74) is 4.11. The van der Waals surface area contributed by atoms with E-state index < -0.39 is 6.04 Å². The normalized spacial score (nSPS) is 21.3. The molecule has 2 heterocycles. The molecule has 2 N–H and O–H groups in total. The number of ketones is 1. The first-order chi connectivity index (χ1) is 13.0. The van der Waals surface area contributed by atoms with Gasteiger partial charge in [0.25, 0.3) is 0 Å². The Morgan fingerprint density at radius 1 is 1.11 bits per heavy atom. The first kappa shape index (κ1) is 17.1. The van der Waals surface area contributed by atoms with Gasteiger partial charge in [-0.25, -0.2) is 0 Å². The second-order valence-electron chi connectivity index (χ2n) is 6.68. The van der Waals surface area contributed by atoms with Crippen molar-refractivity contribution in [2.24, 2.45) is 0 Å². The van der Waals surface area contributed by atoms with Gasteiger partial charge in [0.2, 0.25) is 0 Å².